The van der Waals surface area contributed by atoms with E-state index in [9.17, 15) is 37.1 Å². The highest BCUT2D eigenvalue weighted by Gasteiger charge is 2.37. The number of nitrogens with one attached hydrogen (secondary N) is 1. The summed E-state index contributed by atoms with van der Waals surface area (Å²) in [5.74, 6) is -0.936. The molecular formula is C40H43ClF3N7O9. The summed E-state index contributed by atoms with van der Waals surface area (Å²) in [6.45, 7) is 4.40. The van der Waals surface area contributed by atoms with E-state index >= 15 is 0 Å². The van der Waals surface area contributed by atoms with Crippen molar-refractivity contribution in [1.29, 1.82) is 0 Å². The SMILES string of the molecule is CCOC(=O)OC(C)OC(=O)c1ccc(N2CCN(C(=O)[C@@H](Cc3cc(Cl)c(N)c(C(F)(F)F)c3)OC(=O)N3CCC(n4nc(-c5ccccc5)[nH]c4=O)CC3)CC2)cc1. The Morgan fingerprint density at radius 3 is 2.22 bits per heavy atom. The summed E-state index contributed by atoms with van der Waals surface area (Å²) >= 11 is 6.11. The topological polar surface area (TPSA) is 192 Å². The lowest BCUT2D eigenvalue weighted by molar-refractivity contribution is -0.141. The maximum atomic E-state index is 14.1. The first-order valence-corrected chi connectivity index (χ1v) is 19.5. The van der Waals surface area contributed by atoms with Gasteiger partial charge in [0, 0.05) is 63.9 Å². The van der Waals surface area contributed by atoms with Crippen molar-refractivity contribution >= 4 is 47.1 Å². The monoisotopic (exact) mass is 857 g/mol. The Morgan fingerprint density at radius 2 is 1.58 bits per heavy atom. The molecule has 2 saturated heterocycles. The normalized spacial score (nSPS) is 15.9. The predicted molar refractivity (Wildman–Crippen MR) is 211 cm³/mol. The van der Waals surface area contributed by atoms with Gasteiger partial charge in [-0.2, -0.15) is 13.2 Å². The van der Waals surface area contributed by atoms with Crippen LogP contribution < -0.4 is 16.3 Å². The molecule has 320 valence electrons. The number of esters is 1. The van der Waals surface area contributed by atoms with Gasteiger partial charge in [0.2, 0.25) is 6.29 Å². The van der Waals surface area contributed by atoms with Crippen LogP contribution in [-0.4, -0.2) is 107 Å². The van der Waals surface area contributed by atoms with Crippen LogP contribution in [-0.2, 0) is 36.3 Å². The molecule has 1 unspecified atom stereocenters. The second-order valence-corrected chi connectivity index (χ2v) is 14.5. The van der Waals surface area contributed by atoms with Gasteiger partial charge in [-0.3, -0.25) is 9.78 Å². The van der Waals surface area contributed by atoms with E-state index in [1.54, 1.807) is 19.1 Å². The molecule has 16 nitrogen and oxygen atoms in total. The number of carbonyl (C=O) groups excluding carboxylic acids is 4. The van der Waals surface area contributed by atoms with Gasteiger partial charge in [0.15, 0.2) is 11.9 Å². The minimum absolute atomic E-state index is 0.0161. The number of halogens is 4. The number of aromatic amines is 1. The molecule has 2 atom stereocenters. The number of alkyl halides is 3. The van der Waals surface area contributed by atoms with Gasteiger partial charge in [0.25, 0.3) is 5.91 Å². The number of carbonyl (C=O) groups is 4. The average Bonchev–Trinajstić information content (AvgIpc) is 3.62. The van der Waals surface area contributed by atoms with Crippen molar-refractivity contribution in [3.8, 4) is 11.4 Å². The van der Waals surface area contributed by atoms with Gasteiger partial charge in [-0.25, -0.2) is 23.9 Å². The van der Waals surface area contributed by atoms with Crippen molar-refractivity contribution < 1.29 is 51.3 Å². The Kier molecular flexibility index (Phi) is 13.6. The number of nitrogen functional groups attached to an aromatic ring is 1. The highest BCUT2D eigenvalue weighted by atomic mass is 35.5. The summed E-state index contributed by atoms with van der Waals surface area (Å²) in [7, 11) is 0. The van der Waals surface area contributed by atoms with Crippen LogP contribution in [0, 0.1) is 0 Å². The molecule has 0 radical (unpaired) electrons. The number of piperidine rings is 1. The first-order valence-electron chi connectivity index (χ1n) is 19.1. The second-order valence-electron chi connectivity index (χ2n) is 14.1. The Balaban J connectivity index is 1.11. The molecule has 2 fully saturated rings. The predicted octanol–water partition coefficient (Wildman–Crippen LogP) is 5.90. The van der Waals surface area contributed by atoms with Crippen LogP contribution in [0.4, 0.5) is 34.1 Å². The maximum Gasteiger partial charge on any atom is 0.511 e. The molecule has 2 aliphatic rings. The van der Waals surface area contributed by atoms with Gasteiger partial charge in [-0.05, 0) is 61.7 Å². The van der Waals surface area contributed by atoms with E-state index in [-0.39, 0.29) is 55.0 Å². The lowest BCUT2D eigenvalue weighted by Gasteiger charge is -2.38. The van der Waals surface area contributed by atoms with Gasteiger partial charge in [-0.15, -0.1) is 5.10 Å². The molecule has 20 heteroatoms. The standard InChI is InChI=1S/C40H43ClF3N7O9/c1-3-57-39(56)59-24(2)58-36(53)27-9-11-28(12-10-27)48-17-19-49(20-18-48)35(52)32(23-25-21-30(40(42,43)44)33(45)31(41)22-25)60-38(55)50-15-13-29(14-16-50)51-37(54)46-34(47-51)26-7-5-4-6-8-26/h4-12,21-22,24,29,32H,3,13-20,23,45H2,1-2H3,(H,46,47,54)/t24?,32-/m1/s1. The molecule has 4 aromatic rings. The number of anilines is 2. The van der Waals surface area contributed by atoms with Crippen LogP contribution in [0.5, 0.6) is 0 Å². The van der Waals surface area contributed by atoms with Gasteiger partial charge < -0.3 is 39.4 Å². The average molecular weight is 858 g/mol. The van der Waals surface area contributed by atoms with Crippen LogP contribution >= 0.6 is 11.6 Å². The van der Waals surface area contributed by atoms with Gasteiger partial charge >= 0.3 is 30.1 Å². The lowest BCUT2D eigenvalue weighted by atomic mass is 10.0. The molecule has 3 N–H and O–H groups in total. The van der Waals surface area contributed by atoms with Crippen molar-refractivity contribution in [2.24, 2.45) is 0 Å². The number of nitrogens with zero attached hydrogens (tertiary/aromatic N) is 5. The number of H-pyrrole nitrogens is 1. The first kappa shape index (κ1) is 43.3. The fourth-order valence-corrected chi connectivity index (χ4v) is 7.19. The fraction of sp³-hybridized carbons (Fsp3) is 0.400. The minimum Gasteiger partial charge on any atom is -0.436 e. The quantitative estimate of drug-likeness (QED) is 0.0787. The zero-order chi connectivity index (χ0) is 43.1. The maximum absolute atomic E-state index is 14.1. The minimum atomic E-state index is -4.84. The van der Waals surface area contributed by atoms with E-state index in [4.69, 9.17) is 31.5 Å². The lowest BCUT2D eigenvalue weighted by Crippen LogP contribution is -2.53. The van der Waals surface area contributed by atoms with E-state index < -0.39 is 66.1 Å². The van der Waals surface area contributed by atoms with Crippen LogP contribution in [0.2, 0.25) is 5.02 Å². The van der Waals surface area contributed by atoms with E-state index in [1.165, 1.54) is 39.6 Å². The number of ether oxygens (including phenoxy) is 4. The molecule has 0 saturated carbocycles. The third-order valence-electron chi connectivity index (χ3n) is 10.0. The number of likely N-dealkylation sites (tertiary alicyclic amines) is 1. The number of piperazine rings is 1. The molecule has 3 heterocycles. The first-order chi connectivity index (χ1) is 28.6. The highest BCUT2D eigenvalue weighted by Crippen LogP contribution is 2.38. The molecule has 0 aliphatic carbocycles. The van der Waals surface area contributed by atoms with Crippen molar-refractivity contribution in [1.82, 2.24) is 24.6 Å². The van der Waals surface area contributed by atoms with Crippen LogP contribution in [0.15, 0.2) is 71.5 Å². The molecule has 1 aromatic heterocycles. The van der Waals surface area contributed by atoms with E-state index in [0.717, 1.165) is 17.3 Å². The van der Waals surface area contributed by atoms with Crippen molar-refractivity contribution in [2.75, 3.05) is 56.5 Å². The van der Waals surface area contributed by atoms with Gasteiger partial charge in [0.05, 0.1) is 34.5 Å². The van der Waals surface area contributed by atoms with Crippen molar-refractivity contribution in [2.45, 2.75) is 57.7 Å². The highest BCUT2D eigenvalue weighted by molar-refractivity contribution is 6.33. The number of hydrogen-bond donors (Lipinski definition) is 2. The second kappa shape index (κ2) is 18.8. The summed E-state index contributed by atoms with van der Waals surface area (Å²) in [5.41, 5.74) is 5.06. The summed E-state index contributed by atoms with van der Waals surface area (Å²) < 4.78 is 63.5. The summed E-state index contributed by atoms with van der Waals surface area (Å²) in [6.07, 6.45) is -9.08. The number of amides is 2. The van der Waals surface area contributed by atoms with Crippen LogP contribution in [0.25, 0.3) is 11.4 Å². The van der Waals surface area contributed by atoms with Gasteiger partial charge in [-0.1, -0.05) is 41.9 Å². The number of benzene rings is 3. The molecule has 2 aliphatic heterocycles. The number of rotatable bonds is 11. The number of hydrogen-bond acceptors (Lipinski definition) is 12. The number of aromatic nitrogens is 3. The molecular weight excluding hydrogens is 815 g/mol. The summed E-state index contributed by atoms with van der Waals surface area (Å²) in [4.78, 5) is 72.2. The van der Waals surface area contributed by atoms with E-state index in [2.05, 4.69) is 14.8 Å². The molecule has 6 rings (SSSR count). The Bertz CT molecular complexity index is 2220. The fourth-order valence-electron chi connectivity index (χ4n) is 6.95. The Labute approximate surface area is 346 Å². The van der Waals surface area contributed by atoms with E-state index in [1.807, 2.05) is 35.2 Å². The number of nitrogens with two attached hydrogens (primary N) is 1. The van der Waals surface area contributed by atoms with Crippen LogP contribution in [0.3, 0.4) is 0 Å². The van der Waals surface area contributed by atoms with E-state index in [0.29, 0.717) is 31.8 Å². The summed E-state index contributed by atoms with van der Waals surface area (Å²) in [6, 6.07) is 17.2. The third-order valence-corrected chi connectivity index (χ3v) is 10.4. The zero-order valence-electron chi connectivity index (χ0n) is 32.7. The third kappa shape index (κ3) is 10.5. The largest absolute Gasteiger partial charge is 0.511 e. The summed E-state index contributed by atoms with van der Waals surface area (Å²) in [5, 5.41) is 4.10. The van der Waals surface area contributed by atoms with Gasteiger partial charge in [0.1, 0.15) is 0 Å². The zero-order valence-corrected chi connectivity index (χ0v) is 33.4. The molecule has 3 aromatic carbocycles. The smallest absolute Gasteiger partial charge is 0.436 e. The molecule has 2 amide bonds. The Hall–Kier alpha value is -6.24. The molecule has 0 spiro atoms. The Morgan fingerprint density at radius 1 is 0.917 bits per heavy atom. The van der Waals surface area contributed by atoms with Crippen molar-refractivity contribution in [3.05, 3.63) is 98.9 Å². The molecule has 0 bridgehead atoms. The molecule has 60 heavy (non-hydrogen) atoms. The van der Waals surface area contributed by atoms with Crippen LogP contribution in [0.1, 0.15) is 54.2 Å². The van der Waals surface area contributed by atoms with Crippen molar-refractivity contribution in [3.63, 3.8) is 0 Å².